The molecule has 0 unspecified atom stereocenters. The zero-order valence-electron chi connectivity index (χ0n) is 22.2. The van der Waals surface area contributed by atoms with Gasteiger partial charge in [0.25, 0.3) is 11.8 Å². The Bertz CT molecular complexity index is 1510. The maximum Gasteiger partial charge on any atom is 0.342 e. The Labute approximate surface area is 233 Å². The van der Waals surface area contributed by atoms with E-state index in [0.29, 0.717) is 0 Å². The van der Waals surface area contributed by atoms with Gasteiger partial charge in [-0.1, -0.05) is 103 Å². The minimum atomic E-state index is -3.17. The standard InChI is InChI=1S/C33H28NO5P/c1-3-39-33(38)30(29(35)23(2)34-31(36)27-21-13-14-22-28(27)32(34)37)40(24-15-7-4-8-16-24,25-17-9-5-10-18-25)26-19-11-6-12-20-26/h4-23H,3H2,1-2H3/t23-/m0/s1. The Kier molecular flexibility index (Phi) is 7.63. The summed E-state index contributed by atoms with van der Waals surface area (Å²) >= 11 is 0. The summed E-state index contributed by atoms with van der Waals surface area (Å²) in [6.07, 6.45) is 0. The molecule has 7 heteroatoms. The topological polar surface area (TPSA) is 80.8 Å². The molecule has 40 heavy (non-hydrogen) atoms. The average Bonchev–Trinajstić information content (AvgIpc) is 3.26. The molecular weight excluding hydrogens is 521 g/mol. The summed E-state index contributed by atoms with van der Waals surface area (Å²) in [4.78, 5) is 56.4. The first-order valence-electron chi connectivity index (χ1n) is 13.0. The minimum absolute atomic E-state index is 0.0510. The van der Waals surface area contributed by atoms with Crippen LogP contribution in [0.15, 0.2) is 115 Å². The molecule has 2 amide bonds. The first-order chi connectivity index (χ1) is 19.4. The van der Waals surface area contributed by atoms with E-state index in [2.05, 4.69) is 0 Å². The summed E-state index contributed by atoms with van der Waals surface area (Å²) in [7, 11) is 0. The van der Waals surface area contributed by atoms with Crippen LogP contribution in [0, 0.1) is 0 Å². The fraction of sp³-hybridized carbons (Fsp3) is 0.121. The van der Waals surface area contributed by atoms with E-state index in [4.69, 9.17) is 4.74 Å². The number of fused-ring (bicyclic) bond motifs is 1. The van der Waals surface area contributed by atoms with Crippen LogP contribution in [0.2, 0.25) is 0 Å². The van der Waals surface area contributed by atoms with Crippen molar-refractivity contribution in [3.63, 3.8) is 0 Å². The number of ether oxygens (including phenoxy) is 1. The number of rotatable bonds is 8. The molecule has 1 aliphatic rings. The van der Waals surface area contributed by atoms with Crippen LogP contribution >= 0.6 is 6.89 Å². The molecule has 1 heterocycles. The van der Waals surface area contributed by atoms with E-state index in [1.165, 1.54) is 6.92 Å². The Balaban J connectivity index is 1.86. The van der Waals surface area contributed by atoms with E-state index in [1.807, 2.05) is 91.0 Å². The first-order valence-corrected chi connectivity index (χ1v) is 14.8. The SMILES string of the molecule is CCOC(=O)C(C(=O)[C@H](C)N1C(=O)c2ccccc2C1=O)=P(c1ccccc1)(c1ccccc1)c1ccccc1. The molecule has 6 nitrogen and oxygen atoms in total. The zero-order chi connectivity index (χ0) is 28.3. The predicted molar refractivity (Wildman–Crippen MR) is 158 cm³/mol. The van der Waals surface area contributed by atoms with Crippen molar-refractivity contribution in [2.24, 2.45) is 0 Å². The molecule has 1 aliphatic heterocycles. The van der Waals surface area contributed by atoms with Crippen molar-refractivity contribution in [3.05, 3.63) is 126 Å². The van der Waals surface area contributed by atoms with Crippen molar-refractivity contribution >= 4 is 51.7 Å². The lowest BCUT2D eigenvalue weighted by atomic mass is 10.1. The van der Waals surface area contributed by atoms with Crippen LogP contribution in [-0.4, -0.2) is 46.4 Å². The minimum Gasteiger partial charge on any atom is -0.462 e. The summed E-state index contributed by atoms with van der Waals surface area (Å²) < 4.78 is 5.57. The van der Waals surface area contributed by atoms with Crippen molar-refractivity contribution < 1.29 is 23.9 Å². The lowest BCUT2D eigenvalue weighted by molar-refractivity contribution is -0.135. The number of carbonyl (C=O) groups is 4. The summed E-state index contributed by atoms with van der Waals surface area (Å²) in [6.45, 7) is 0.0624. The first kappa shape index (κ1) is 27.0. The highest BCUT2D eigenvalue weighted by Crippen LogP contribution is 2.47. The summed E-state index contributed by atoms with van der Waals surface area (Å²) in [5.41, 5.74) is 0.472. The molecule has 0 saturated heterocycles. The second-order valence-electron chi connectivity index (χ2n) is 9.31. The van der Waals surface area contributed by atoms with E-state index in [9.17, 15) is 19.2 Å². The van der Waals surface area contributed by atoms with Gasteiger partial charge in [0.2, 0.25) is 0 Å². The van der Waals surface area contributed by atoms with E-state index < -0.39 is 36.5 Å². The van der Waals surface area contributed by atoms with Crippen LogP contribution in [0.4, 0.5) is 0 Å². The molecule has 0 saturated carbocycles. The molecule has 0 radical (unpaired) electrons. The van der Waals surface area contributed by atoms with Gasteiger partial charge in [-0.15, -0.1) is 0 Å². The third-order valence-corrected chi connectivity index (χ3v) is 11.4. The average molecular weight is 550 g/mol. The molecule has 200 valence electrons. The second kappa shape index (κ2) is 11.3. The van der Waals surface area contributed by atoms with Gasteiger partial charge in [0.05, 0.1) is 17.7 Å². The van der Waals surface area contributed by atoms with Crippen molar-refractivity contribution in [1.29, 1.82) is 0 Å². The Morgan fingerprint density at radius 1 is 0.675 bits per heavy atom. The quantitative estimate of drug-likeness (QED) is 0.144. The molecule has 4 aromatic carbocycles. The lowest BCUT2D eigenvalue weighted by Crippen LogP contribution is -2.49. The Hall–Kier alpha value is -4.54. The highest BCUT2D eigenvalue weighted by atomic mass is 31.2. The Morgan fingerprint density at radius 2 is 1.05 bits per heavy atom. The van der Waals surface area contributed by atoms with E-state index in [0.717, 1.165) is 20.8 Å². The van der Waals surface area contributed by atoms with E-state index in [1.54, 1.807) is 31.2 Å². The second-order valence-corrected chi connectivity index (χ2v) is 12.7. The monoisotopic (exact) mass is 549 g/mol. The highest BCUT2D eigenvalue weighted by Gasteiger charge is 2.45. The molecule has 1 atom stereocenters. The smallest absolute Gasteiger partial charge is 0.342 e. The van der Waals surface area contributed by atoms with Gasteiger partial charge in [-0.25, -0.2) is 4.79 Å². The number of amides is 2. The molecule has 4 aromatic rings. The van der Waals surface area contributed by atoms with Gasteiger partial charge in [0, 0.05) is 0 Å². The summed E-state index contributed by atoms with van der Waals surface area (Å²) in [5.74, 6) is -2.51. The van der Waals surface area contributed by atoms with Crippen molar-refractivity contribution in [2.75, 3.05) is 6.61 Å². The fourth-order valence-corrected chi connectivity index (χ4v) is 9.65. The molecule has 0 bridgehead atoms. The molecule has 5 rings (SSSR count). The number of hydrogen-bond acceptors (Lipinski definition) is 5. The molecular formula is C33H28NO5P. The van der Waals surface area contributed by atoms with Crippen molar-refractivity contribution in [1.82, 2.24) is 4.90 Å². The van der Waals surface area contributed by atoms with Crippen molar-refractivity contribution in [3.8, 4) is 0 Å². The molecule has 0 fully saturated rings. The summed E-state index contributed by atoms with van der Waals surface area (Å²) in [6, 6.07) is 33.6. The van der Waals surface area contributed by atoms with Crippen LogP contribution in [0.3, 0.4) is 0 Å². The van der Waals surface area contributed by atoms with Crippen LogP contribution in [0.25, 0.3) is 0 Å². The van der Waals surface area contributed by atoms with Gasteiger partial charge in [-0.2, -0.15) is 0 Å². The molecule has 0 aliphatic carbocycles. The highest BCUT2D eigenvalue weighted by molar-refractivity contribution is 7.97. The number of nitrogens with zero attached hydrogens (tertiary/aromatic N) is 1. The maximum absolute atomic E-state index is 14.7. The number of hydrogen-bond donors (Lipinski definition) is 0. The third-order valence-electron chi connectivity index (χ3n) is 7.06. The third kappa shape index (κ3) is 4.41. The number of carbonyl (C=O) groups excluding carboxylic acids is 4. The van der Waals surface area contributed by atoms with E-state index >= 15 is 0 Å². The van der Waals surface area contributed by atoms with Crippen LogP contribution in [0.1, 0.15) is 34.6 Å². The number of benzene rings is 4. The largest absolute Gasteiger partial charge is 0.462 e. The molecule has 0 spiro atoms. The predicted octanol–water partition coefficient (Wildman–Crippen LogP) is 3.97. The number of esters is 1. The zero-order valence-corrected chi connectivity index (χ0v) is 23.1. The van der Waals surface area contributed by atoms with Crippen LogP contribution in [0.5, 0.6) is 0 Å². The normalized spacial score (nSPS) is 13.5. The molecule has 0 aromatic heterocycles. The van der Waals surface area contributed by atoms with Gasteiger partial charge in [0.1, 0.15) is 11.3 Å². The summed E-state index contributed by atoms with van der Waals surface area (Å²) in [5, 5.41) is 2.26. The fourth-order valence-electron chi connectivity index (χ4n) is 5.27. The van der Waals surface area contributed by atoms with Crippen LogP contribution < -0.4 is 15.9 Å². The number of ketones is 1. The Morgan fingerprint density at radius 3 is 1.43 bits per heavy atom. The van der Waals surface area contributed by atoms with Gasteiger partial charge >= 0.3 is 5.97 Å². The lowest BCUT2D eigenvalue weighted by Gasteiger charge is -2.33. The van der Waals surface area contributed by atoms with Crippen molar-refractivity contribution in [2.45, 2.75) is 19.9 Å². The maximum atomic E-state index is 14.7. The van der Waals surface area contributed by atoms with Gasteiger partial charge in [-0.3, -0.25) is 19.3 Å². The van der Waals surface area contributed by atoms with Gasteiger partial charge < -0.3 is 4.74 Å². The van der Waals surface area contributed by atoms with Crippen LogP contribution in [-0.2, 0) is 14.3 Å². The molecule has 0 N–H and O–H groups in total. The van der Waals surface area contributed by atoms with Gasteiger partial charge in [-0.05, 0) is 48.8 Å². The van der Waals surface area contributed by atoms with E-state index in [-0.39, 0.29) is 23.0 Å². The van der Waals surface area contributed by atoms with Gasteiger partial charge in [0.15, 0.2) is 5.78 Å². The number of Topliss-reactive ketones (excluding diaryl/α,β-unsaturated/α-hetero) is 1. The number of imide groups is 1.